The van der Waals surface area contributed by atoms with E-state index in [1.807, 2.05) is 45.9 Å². The topological polar surface area (TPSA) is 86.5 Å². The molecule has 1 aliphatic heterocycles. The van der Waals surface area contributed by atoms with Crippen LogP contribution in [0.5, 0.6) is 5.75 Å². The van der Waals surface area contributed by atoms with Crippen molar-refractivity contribution >= 4 is 6.09 Å². The molecule has 0 saturated heterocycles. The standard InChI is InChI=1S/C18H23N3O4/c1-5-15-20-16(21-25-15)11-6-7-12-13(8-9-23-14(12)10-11)19-17(22)24-18(2,3)4/h6-7,10,13H,5,8-9H2,1-4H3,(H,19,22). The van der Waals surface area contributed by atoms with Crippen LogP contribution in [0.3, 0.4) is 0 Å². The maximum atomic E-state index is 12.1. The third kappa shape index (κ3) is 4.10. The van der Waals surface area contributed by atoms with Crippen LogP contribution in [0.25, 0.3) is 11.4 Å². The number of alkyl carbamates (subject to hydrolysis) is 1. The molecular weight excluding hydrogens is 322 g/mol. The number of nitrogens with one attached hydrogen (secondary N) is 1. The molecule has 1 aromatic heterocycles. The van der Waals surface area contributed by atoms with Gasteiger partial charge in [-0.2, -0.15) is 4.98 Å². The first-order valence-electron chi connectivity index (χ1n) is 8.45. The molecule has 7 heteroatoms. The van der Waals surface area contributed by atoms with Crippen LogP contribution in [0.15, 0.2) is 22.7 Å². The smallest absolute Gasteiger partial charge is 0.408 e. The van der Waals surface area contributed by atoms with Gasteiger partial charge in [0.05, 0.1) is 12.6 Å². The Kier molecular flexibility index (Phi) is 4.65. The summed E-state index contributed by atoms with van der Waals surface area (Å²) in [4.78, 5) is 16.4. The molecule has 1 atom stereocenters. The summed E-state index contributed by atoms with van der Waals surface area (Å²) in [7, 11) is 0. The average Bonchev–Trinajstić information content (AvgIpc) is 3.02. The molecule has 2 heterocycles. The number of rotatable bonds is 3. The lowest BCUT2D eigenvalue weighted by Crippen LogP contribution is -2.36. The lowest BCUT2D eigenvalue weighted by atomic mass is 9.99. The molecular formula is C18H23N3O4. The second kappa shape index (κ2) is 6.74. The number of hydrogen-bond donors (Lipinski definition) is 1. The van der Waals surface area contributed by atoms with Gasteiger partial charge in [0.25, 0.3) is 0 Å². The van der Waals surface area contributed by atoms with Crippen LogP contribution in [0.1, 0.15) is 51.6 Å². The van der Waals surface area contributed by atoms with E-state index >= 15 is 0 Å². The first-order chi connectivity index (χ1) is 11.9. The number of carbonyl (C=O) groups is 1. The molecule has 7 nitrogen and oxygen atoms in total. The largest absolute Gasteiger partial charge is 0.493 e. The van der Waals surface area contributed by atoms with Crippen molar-refractivity contribution in [3.05, 3.63) is 29.7 Å². The minimum Gasteiger partial charge on any atom is -0.493 e. The first-order valence-corrected chi connectivity index (χ1v) is 8.45. The Labute approximate surface area is 146 Å². The van der Waals surface area contributed by atoms with Gasteiger partial charge in [0, 0.05) is 24.0 Å². The SMILES string of the molecule is CCc1nc(-c2ccc3c(c2)OCCC3NC(=O)OC(C)(C)C)no1. The lowest BCUT2D eigenvalue weighted by molar-refractivity contribution is 0.0491. The van der Waals surface area contributed by atoms with Crippen molar-refractivity contribution in [1.82, 2.24) is 15.5 Å². The fraction of sp³-hybridized carbons (Fsp3) is 0.500. The normalized spacial score (nSPS) is 16.7. The average molecular weight is 345 g/mol. The lowest BCUT2D eigenvalue weighted by Gasteiger charge is -2.28. The highest BCUT2D eigenvalue weighted by atomic mass is 16.6. The van der Waals surface area contributed by atoms with Crippen LogP contribution >= 0.6 is 0 Å². The van der Waals surface area contributed by atoms with Gasteiger partial charge in [-0.25, -0.2) is 4.79 Å². The molecule has 25 heavy (non-hydrogen) atoms. The van der Waals surface area contributed by atoms with Gasteiger partial charge in [0.15, 0.2) is 0 Å². The monoisotopic (exact) mass is 345 g/mol. The minimum absolute atomic E-state index is 0.149. The molecule has 1 aliphatic rings. The predicted octanol–water partition coefficient (Wildman–Crippen LogP) is 3.65. The summed E-state index contributed by atoms with van der Waals surface area (Å²) in [5.41, 5.74) is 1.21. The fourth-order valence-corrected chi connectivity index (χ4v) is 2.64. The van der Waals surface area contributed by atoms with Gasteiger partial charge in [-0.3, -0.25) is 0 Å². The van der Waals surface area contributed by atoms with Crippen LogP contribution in [-0.4, -0.2) is 28.4 Å². The molecule has 0 radical (unpaired) electrons. The number of aromatic nitrogens is 2. The van der Waals surface area contributed by atoms with E-state index in [2.05, 4.69) is 15.5 Å². The second-order valence-electron chi connectivity index (χ2n) is 6.95. The Morgan fingerprint density at radius 3 is 2.88 bits per heavy atom. The van der Waals surface area contributed by atoms with E-state index in [-0.39, 0.29) is 6.04 Å². The molecule has 1 aromatic carbocycles. The van der Waals surface area contributed by atoms with Crippen molar-refractivity contribution in [3.63, 3.8) is 0 Å². The number of benzene rings is 1. The number of carbonyl (C=O) groups excluding carboxylic acids is 1. The van der Waals surface area contributed by atoms with Gasteiger partial charge in [-0.05, 0) is 26.8 Å². The van der Waals surface area contributed by atoms with Crippen LogP contribution in [0.2, 0.25) is 0 Å². The zero-order chi connectivity index (χ0) is 18.0. The maximum Gasteiger partial charge on any atom is 0.408 e. The third-order valence-electron chi connectivity index (χ3n) is 3.77. The summed E-state index contributed by atoms with van der Waals surface area (Å²) in [6, 6.07) is 5.56. The van der Waals surface area contributed by atoms with Crippen LogP contribution in [0, 0.1) is 0 Å². The third-order valence-corrected chi connectivity index (χ3v) is 3.77. The van der Waals surface area contributed by atoms with Crippen molar-refractivity contribution < 1.29 is 18.8 Å². The van der Waals surface area contributed by atoms with Gasteiger partial charge < -0.3 is 19.3 Å². The van der Waals surface area contributed by atoms with Crippen LogP contribution in [0.4, 0.5) is 4.79 Å². The van der Waals surface area contributed by atoms with E-state index in [1.165, 1.54) is 0 Å². The summed E-state index contributed by atoms with van der Waals surface area (Å²) >= 11 is 0. The zero-order valence-electron chi connectivity index (χ0n) is 15.0. The Bertz CT molecular complexity index is 764. The van der Waals surface area contributed by atoms with Crippen molar-refractivity contribution in [1.29, 1.82) is 0 Å². The Morgan fingerprint density at radius 2 is 2.20 bits per heavy atom. The Hall–Kier alpha value is -2.57. The molecule has 0 aliphatic carbocycles. The van der Waals surface area contributed by atoms with Crippen LogP contribution in [-0.2, 0) is 11.2 Å². The predicted molar refractivity (Wildman–Crippen MR) is 91.3 cm³/mol. The molecule has 2 aromatic rings. The summed E-state index contributed by atoms with van der Waals surface area (Å²) in [5, 5.41) is 6.90. The highest BCUT2D eigenvalue weighted by molar-refractivity contribution is 5.69. The van der Waals surface area contributed by atoms with Gasteiger partial charge in [-0.15, -0.1) is 0 Å². The van der Waals surface area contributed by atoms with Crippen molar-refractivity contribution in [2.45, 2.75) is 52.2 Å². The van der Waals surface area contributed by atoms with E-state index in [9.17, 15) is 4.79 Å². The molecule has 0 fully saturated rings. The fourth-order valence-electron chi connectivity index (χ4n) is 2.64. The molecule has 1 amide bonds. The van der Waals surface area contributed by atoms with Crippen molar-refractivity contribution in [3.8, 4) is 17.1 Å². The molecule has 0 bridgehead atoms. The van der Waals surface area contributed by atoms with E-state index in [1.54, 1.807) is 0 Å². The second-order valence-corrected chi connectivity index (χ2v) is 6.95. The van der Waals surface area contributed by atoms with E-state index in [0.717, 1.165) is 11.1 Å². The number of ether oxygens (including phenoxy) is 2. The molecule has 1 N–H and O–H groups in total. The summed E-state index contributed by atoms with van der Waals surface area (Å²) in [5.74, 6) is 1.84. The van der Waals surface area contributed by atoms with Gasteiger partial charge in [-0.1, -0.05) is 24.2 Å². The summed E-state index contributed by atoms with van der Waals surface area (Å²) in [6.45, 7) is 7.99. The highest BCUT2D eigenvalue weighted by Crippen LogP contribution is 2.35. The quantitative estimate of drug-likeness (QED) is 0.914. The molecule has 134 valence electrons. The van der Waals surface area contributed by atoms with Gasteiger partial charge in [0.2, 0.25) is 11.7 Å². The number of fused-ring (bicyclic) bond motifs is 1. The number of nitrogens with zero attached hydrogens (tertiary/aromatic N) is 2. The number of aryl methyl sites for hydroxylation is 1. The molecule has 1 unspecified atom stereocenters. The van der Waals surface area contributed by atoms with Gasteiger partial charge >= 0.3 is 6.09 Å². The Balaban J connectivity index is 1.79. The Morgan fingerprint density at radius 1 is 1.40 bits per heavy atom. The van der Waals surface area contributed by atoms with E-state index < -0.39 is 11.7 Å². The first kappa shape index (κ1) is 17.3. The minimum atomic E-state index is -0.530. The van der Waals surface area contributed by atoms with Crippen molar-refractivity contribution in [2.75, 3.05) is 6.61 Å². The summed E-state index contributed by atoms with van der Waals surface area (Å²) < 4.78 is 16.3. The summed E-state index contributed by atoms with van der Waals surface area (Å²) in [6.07, 6.45) is 0.949. The highest BCUT2D eigenvalue weighted by Gasteiger charge is 2.26. The molecule has 0 spiro atoms. The number of amides is 1. The molecule has 0 saturated carbocycles. The zero-order valence-corrected chi connectivity index (χ0v) is 15.0. The van der Waals surface area contributed by atoms with Crippen molar-refractivity contribution in [2.24, 2.45) is 0 Å². The molecule has 3 rings (SSSR count). The van der Waals surface area contributed by atoms with E-state index in [0.29, 0.717) is 36.9 Å². The van der Waals surface area contributed by atoms with Crippen LogP contribution < -0.4 is 10.1 Å². The van der Waals surface area contributed by atoms with Gasteiger partial charge in [0.1, 0.15) is 11.4 Å². The van der Waals surface area contributed by atoms with E-state index in [4.69, 9.17) is 14.0 Å². The number of hydrogen-bond acceptors (Lipinski definition) is 6. The maximum absolute atomic E-state index is 12.1.